The number of nitrogens with one attached hydrogen (secondary N) is 3. The number of benzene rings is 1. The molecule has 1 saturated carbocycles. The second kappa shape index (κ2) is 9.66. The van der Waals surface area contributed by atoms with Crippen molar-refractivity contribution < 1.29 is 0 Å². The van der Waals surface area contributed by atoms with Gasteiger partial charge in [-0.1, -0.05) is 49.6 Å². The first-order valence-electron chi connectivity index (χ1n) is 8.41. The zero-order chi connectivity index (χ0) is 15.9. The highest BCUT2D eigenvalue weighted by atomic mass is 127. The number of aromatic nitrogens is 2. The number of hydrogen-bond donors (Lipinski definition) is 3. The molecule has 1 aliphatic carbocycles. The molecule has 0 atom stereocenters. The van der Waals surface area contributed by atoms with Gasteiger partial charge in [0.25, 0.3) is 0 Å². The van der Waals surface area contributed by atoms with Crippen LogP contribution in [0.4, 0.5) is 0 Å². The summed E-state index contributed by atoms with van der Waals surface area (Å²) in [5.41, 5.74) is 2.19. The van der Waals surface area contributed by atoms with Crippen LogP contribution in [0.5, 0.6) is 0 Å². The Morgan fingerprint density at radius 3 is 2.67 bits per heavy atom. The molecule has 1 heterocycles. The van der Waals surface area contributed by atoms with E-state index in [9.17, 15) is 0 Å². The average molecular weight is 439 g/mol. The third-order valence-corrected chi connectivity index (χ3v) is 4.31. The van der Waals surface area contributed by atoms with E-state index in [0.717, 1.165) is 23.0 Å². The summed E-state index contributed by atoms with van der Waals surface area (Å²) in [4.78, 5) is 12.1. The van der Waals surface area contributed by atoms with Gasteiger partial charge in [0.2, 0.25) is 0 Å². The fourth-order valence-electron chi connectivity index (χ4n) is 3.02. The average Bonchev–Trinajstić information content (AvgIpc) is 3.09. The maximum Gasteiger partial charge on any atom is 0.191 e. The molecular weight excluding hydrogens is 413 g/mol. The van der Waals surface area contributed by atoms with Gasteiger partial charge in [-0.2, -0.15) is 0 Å². The molecule has 1 aromatic carbocycles. The van der Waals surface area contributed by atoms with E-state index in [1.807, 2.05) is 31.4 Å². The van der Waals surface area contributed by atoms with Crippen LogP contribution < -0.4 is 10.6 Å². The Morgan fingerprint density at radius 1 is 1.21 bits per heavy atom. The Kier molecular flexibility index (Phi) is 7.55. The number of aromatic amines is 1. The van der Waals surface area contributed by atoms with Crippen molar-refractivity contribution in [2.45, 2.75) is 44.7 Å². The predicted octanol–water partition coefficient (Wildman–Crippen LogP) is 3.69. The molecule has 0 aliphatic heterocycles. The zero-order valence-corrected chi connectivity index (χ0v) is 16.4. The van der Waals surface area contributed by atoms with E-state index in [4.69, 9.17) is 0 Å². The van der Waals surface area contributed by atoms with E-state index in [-0.39, 0.29) is 24.0 Å². The number of guanidine groups is 1. The molecule has 0 bridgehead atoms. The van der Waals surface area contributed by atoms with Gasteiger partial charge in [0, 0.05) is 13.1 Å². The van der Waals surface area contributed by atoms with E-state index in [1.165, 1.54) is 32.1 Å². The monoisotopic (exact) mass is 439 g/mol. The molecule has 0 unspecified atom stereocenters. The Bertz CT molecular complexity index is 632. The molecule has 0 saturated heterocycles. The molecule has 3 rings (SSSR count). The number of imidazole rings is 1. The lowest BCUT2D eigenvalue weighted by Gasteiger charge is -2.24. The van der Waals surface area contributed by atoms with Crippen LogP contribution in [-0.2, 0) is 6.54 Å². The molecule has 5 nitrogen and oxygen atoms in total. The van der Waals surface area contributed by atoms with Crippen LogP contribution in [0.2, 0.25) is 0 Å². The zero-order valence-electron chi connectivity index (χ0n) is 14.1. The highest BCUT2D eigenvalue weighted by molar-refractivity contribution is 14.0. The lowest BCUT2D eigenvalue weighted by atomic mass is 9.96. The summed E-state index contributed by atoms with van der Waals surface area (Å²) >= 11 is 0. The van der Waals surface area contributed by atoms with Crippen molar-refractivity contribution in [2.24, 2.45) is 4.99 Å². The summed E-state index contributed by atoms with van der Waals surface area (Å²) < 4.78 is 0. The highest BCUT2D eigenvalue weighted by Crippen LogP contribution is 2.17. The minimum absolute atomic E-state index is 0. The molecule has 24 heavy (non-hydrogen) atoms. The molecule has 0 radical (unpaired) electrons. The van der Waals surface area contributed by atoms with Crippen molar-refractivity contribution in [3.63, 3.8) is 0 Å². The number of H-pyrrole nitrogens is 1. The van der Waals surface area contributed by atoms with Crippen molar-refractivity contribution in [1.82, 2.24) is 20.6 Å². The van der Waals surface area contributed by atoms with Gasteiger partial charge in [-0.25, -0.2) is 4.98 Å². The summed E-state index contributed by atoms with van der Waals surface area (Å²) in [6, 6.07) is 10.8. The molecule has 1 aliphatic rings. The molecule has 0 spiro atoms. The Morgan fingerprint density at radius 2 is 1.96 bits per heavy atom. The van der Waals surface area contributed by atoms with Gasteiger partial charge in [0.05, 0.1) is 18.4 Å². The maximum atomic E-state index is 4.44. The fraction of sp³-hybridized carbons (Fsp3) is 0.444. The third-order valence-electron chi connectivity index (χ3n) is 4.31. The van der Waals surface area contributed by atoms with Crippen LogP contribution in [-0.4, -0.2) is 29.0 Å². The lowest BCUT2D eigenvalue weighted by Crippen LogP contribution is -2.43. The van der Waals surface area contributed by atoms with Gasteiger partial charge in [-0.05, 0) is 18.4 Å². The number of halogens is 1. The van der Waals surface area contributed by atoms with Crippen LogP contribution >= 0.6 is 24.0 Å². The molecule has 3 N–H and O–H groups in total. The van der Waals surface area contributed by atoms with E-state index in [0.29, 0.717) is 12.6 Å². The fourth-order valence-corrected chi connectivity index (χ4v) is 3.02. The predicted molar refractivity (Wildman–Crippen MR) is 110 cm³/mol. The standard InChI is InChI=1S/C18H25N5.HI/c1-19-18(22-15-10-6-3-7-11-15)21-13-17-20-12-16(23-17)14-8-4-2-5-9-14;/h2,4-5,8-9,12,15H,3,6-7,10-11,13H2,1H3,(H,20,23)(H2,19,21,22);1H. The summed E-state index contributed by atoms with van der Waals surface area (Å²) in [6.45, 7) is 0.638. The summed E-state index contributed by atoms with van der Waals surface area (Å²) in [5, 5.41) is 6.85. The van der Waals surface area contributed by atoms with Crippen molar-refractivity contribution in [2.75, 3.05) is 7.05 Å². The third kappa shape index (κ3) is 5.22. The SMILES string of the molecule is CN=C(NCc1ncc(-c2ccccc2)[nH]1)NC1CCCCC1.I. The Balaban J connectivity index is 0.00000208. The van der Waals surface area contributed by atoms with E-state index >= 15 is 0 Å². The van der Waals surface area contributed by atoms with Crippen molar-refractivity contribution in [3.8, 4) is 11.3 Å². The first-order chi connectivity index (χ1) is 11.3. The Hall–Kier alpha value is -1.57. The smallest absolute Gasteiger partial charge is 0.191 e. The van der Waals surface area contributed by atoms with Crippen LogP contribution in [0.1, 0.15) is 37.9 Å². The number of nitrogens with zero attached hydrogens (tertiary/aromatic N) is 2. The summed E-state index contributed by atoms with van der Waals surface area (Å²) in [6.07, 6.45) is 8.34. The van der Waals surface area contributed by atoms with Crippen LogP contribution in [0, 0.1) is 0 Å². The van der Waals surface area contributed by atoms with Crippen molar-refractivity contribution >= 4 is 29.9 Å². The molecule has 1 fully saturated rings. The topological polar surface area (TPSA) is 65.1 Å². The molecule has 2 aromatic rings. The van der Waals surface area contributed by atoms with E-state index in [2.05, 4.69) is 37.7 Å². The number of aliphatic imine (C=N–C) groups is 1. The lowest BCUT2D eigenvalue weighted by molar-refractivity contribution is 0.410. The van der Waals surface area contributed by atoms with Gasteiger partial charge in [0.1, 0.15) is 5.82 Å². The molecule has 6 heteroatoms. The minimum Gasteiger partial charge on any atom is -0.354 e. The minimum atomic E-state index is 0. The van der Waals surface area contributed by atoms with Crippen LogP contribution in [0.15, 0.2) is 41.5 Å². The largest absolute Gasteiger partial charge is 0.354 e. The quantitative estimate of drug-likeness (QED) is 0.387. The van der Waals surface area contributed by atoms with Gasteiger partial charge >= 0.3 is 0 Å². The highest BCUT2D eigenvalue weighted by Gasteiger charge is 2.14. The molecule has 130 valence electrons. The number of rotatable bonds is 4. The summed E-state index contributed by atoms with van der Waals surface area (Å²) in [7, 11) is 1.82. The van der Waals surface area contributed by atoms with Gasteiger partial charge in [-0.3, -0.25) is 4.99 Å². The van der Waals surface area contributed by atoms with Gasteiger partial charge < -0.3 is 15.6 Å². The molecular formula is C18H26IN5. The van der Waals surface area contributed by atoms with E-state index in [1.54, 1.807) is 0 Å². The van der Waals surface area contributed by atoms with Crippen molar-refractivity contribution in [3.05, 3.63) is 42.4 Å². The van der Waals surface area contributed by atoms with Crippen LogP contribution in [0.25, 0.3) is 11.3 Å². The van der Waals surface area contributed by atoms with Gasteiger partial charge in [-0.15, -0.1) is 24.0 Å². The molecule has 1 aromatic heterocycles. The second-order valence-electron chi connectivity index (χ2n) is 6.01. The second-order valence-corrected chi connectivity index (χ2v) is 6.01. The maximum absolute atomic E-state index is 4.44. The van der Waals surface area contributed by atoms with Crippen molar-refractivity contribution in [1.29, 1.82) is 0 Å². The van der Waals surface area contributed by atoms with E-state index < -0.39 is 0 Å². The first-order valence-corrected chi connectivity index (χ1v) is 8.41. The summed E-state index contributed by atoms with van der Waals surface area (Å²) in [5.74, 6) is 1.77. The molecule has 0 amide bonds. The van der Waals surface area contributed by atoms with Gasteiger partial charge in [0.15, 0.2) is 5.96 Å². The van der Waals surface area contributed by atoms with Crippen LogP contribution in [0.3, 0.4) is 0 Å². The number of hydrogen-bond acceptors (Lipinski definition) is 2. The first kappa shape index (κ1) is 18.8. The normalized spacial score (nSPS) is 15.6. The Labute approximate surface area is 160 Å².